The van der Waals surface area contributed by atoms with Crippen molar-refractivity contribution in [3.05, 3.63) is 71.6 Å². The summed E-state index contributed by atoms with van der Waals surface area (Å²) in [5, 5.41) is 7.57. The van der Waals surface area contributed by atoms with E-state index in [-0.39, 0.29) is 11.6 Å². The summed E-state index contributed by atoms with van der Waals surface area (Å²) >= 11 is 6.16. The van der Waals surface area contributed by atoms with Crippen LogP contribution < -0.4 is 15.4 Å². The average molecular weight is 447 g/mol. The molecule has 3 aromatic heterocycles. The maximum Gasteiger partial charge on any atom is 0.269 e. The fraction of sp³-hybridized carbons (Fsp3) is 0.0870. The molecule has 32 heavy (non-hydrogen) atoms. The fourth-order valence-corrected chi connectivity index (χ4v) is 3.73. The van der Waals surface area contributed by atoms with Gasteiger partial charge < -0.3 is 24.9 Å². The van der Waals surface area contributed by atoms with Crippen molar-refractivity contribution in [3.63, 3.8) is 0 Å². The van der Waals surface area contributed by atoms with Crippen LogP contribution in [-0.2, 0) is 7.05 Å². The standard InChI is InChI=1S/C23H19ClN6O2/c1-25-22(31)20-11-15(7-8-26-20)32-14-4-6-21-19(10-14)29-23(30(21)2)28-13-3-5-16-17(24)12-27-18(16)9-13/h3-12,27H,1-2H3,(H,25,31)(H,28,29). The average Bonchev–Trinajstić information content (AvgIpc) is 3.32. The second-order valence-corrected chi connectivity index (χ2v) is 7.63. The Hall–Kier alpha value is -4.04. The molecule has 5 rings (SSSR count). The lowest BCUT2D eigenvalue weighted by Gasteiger charge is -2.07. The van der Waals surface area contributed by atoms with E-state index in [1.807, 2.05) is 48.0 Å². The van der Waals surface area contributed by atoms with Gasteiger partial charge in [0.05, 0.1) is 16.1 Å². The molecule has 5 aromatic rings. The Morgan fingerprint density at radius 2 is 1.97 bits per heavy atom. The number of nitrogens with one attached hydrogen (secondary N) is 3. The number of carbonyl (C=O) groups excluding carboxylic acids is 1. The maximum absolute atomic E-state index is 11.8. The molecule has 3 N–H and O–H groups in total. The van der Waals surface area contributed by atoms with E-state index in [4.69, 9.17) is 21.3 Å². The molecule has 8 nitrogen and oxygen atoms in total. The fourth-order valence-electron chi connectivity index (χ4n) is 3.52. The number of anilines is 2. The van der Waals surface area contributed by atoms with E-state index < -0.39 is 0 Å². The van der Waals surface area contributed by atoms with E-state index in [9.17, 15) is 4.79 Å². The van der Waals surface area contributed by atoms with Crippen molar-refractivity contribution in [2.45, 2.75) is 0 Å². The number of aryl methyl sites for hydroxylation is 1. The third-order valence-corrected chi connectivity index (χ3v) is 5.48. The molecular weight excluding hydrogens is 428 g/mol. The van der Waals surface area contributed by atoms with Gasteiger partial charge in [-0.3, -0.25) is 9.78 Å². The van der Waals surface area contributed by atoms with Crippen LogP contribution in [0, 0.1) is 0 Å². The molecule has 0 bridgehead atoms. The maximum atomic E-state index is 11.8. The van der Waals surface area contributed by atoms with Crippen LogP contribution in [0.25, 0.3) is 21.9 Å². The zero-order valence-electron chi connectivity index (χ0n) is 17.3. The largest absolute Gasteiger partial charge is 0.457 e. The van der Waals surface area contributed by atoms with Gasteiger partial charge in [0.1, 0.15) is 17.2 Å². The molecule has 0 aliphatic rings. The predicted octanol–water partition coefficient (Wildman–Crippen LogP) is 5.00. The Bertz CT molecular complexity index is 1470. The number of hydrogen-bond acceptors (Lipinski definition) is 5. The molecule has 0 aliphatic heterocycles. The third kappa shape index (κ3) is 3.61. The highest BCUT2D eigenvalue weighted by Gasteiger charge is 2.12. The summed E-state index contributed by atoms with van der Waals surface area (Å²) in [5.41, 5.74) is 3.85. The van der Waals surface area contributed by atoms with E-state index in [2.05, 4.69) is 20.6 Å². The molecule has 9 heteroatoms. The number of aromatic amines is 1. The van der Waals surface area contributed by atoms with Crippen LogP contribution in [0.4, 0.5) is 11.6 Å². The summed E-state index contributed by atoms with van der Waals surface area (Å²) < 4.78 is 7.91. The summed E-state index contributed by atoms with van der Waals surface area (Å²) in [6.07, 6.45) is 3.31. The number of ether oxygens (including phenoxy) is 1. The number of pyridine rings is 1. The Labute approximate surface area is 188 Å². The van der Waals surface area contributed by atoms with Crippen molar-refractivity contribution in [1.29, 1.82) is 0 Å². The highest BCUT2D eigenvalue weighted by atomic mass is 35.5. The van der Waals surface area contributed by atoms with Crippen LogP contribution >= 0.6 is 11.6 Å². The van der Waals surface area contributed by atoms with Gasteiger partial charge in [-0.15, -0.1) is 0 Å². The SMILES string of the molecule is CNC(=O)c1cc(Oc2ccc3c(c2)nc(Nc2ccc4c(Cl)c[nH]c4c2)n3C)ccn1. The van der Waals surface area contributed by atoms with E-state index >= 15 is 0 Å². The van der Waals surface area contributed by atoms with Gasteiger partial charge in [-0.25, -0.2) is 4.98 Å². The minimum atomic E-state index is -0.272. The molecule has 3 heterocycles. The number of nitrogens with zero attached hydrogens (tertiary/aromatic N) is 3. The van der Waals surface area contributed by atoms with Crippen LogP contribution in [-0.4, -0.2) is 32.5 Å². The first-order valence-electron chi connectivity index (χ1n) is 9.88. The number of benzene rings is 2. The summed E-state index contributed by atoms with van der Waals surface area (Å²) in [5.74, 6) is 1.55. The van der Waals surface area contributed by atoms with Crippen LogP contribution in [0.5, 0.6) is 11.5 Å². The summed E-state index contributed by atoms with van der Waals surface area (Å²) in [6.45, 7) is 0. The minimum absolute atomic E-state index is 0.272. The lowest BCUT2D eigenvalue weighted by Crippen LogP contribution is -2.18. The third-order valence-electron chi connectivity index (χ3n) is 5.17. The highest BCUT2D eigenvalue weighted by Crippen LogP contribution is 2.30. The molecule has 0 saturated carbocycles. The Morgan fingerprint density at radius 3 is 2.81 bits per heavy atom. The number of aromatic nitrogens is 4. The first-order valence-corrected chi connectivity index (χ1v) is 10.3. The molecule has 0 spiro atoms. The second kappa shape index (κ2) is 7.90. The Morgan fingerprint density at radius 1 is 1.12 bits per heavy atom. The van der Waals surface area contributed by atoms with Crippen molar-refractivity contribution >= 4 is 51.1 Å². The lowest BCUT2D eigenvalue weighted by atomic mass is 10.2. The molecular formula is C23H19ClN6O2. The zero-order valence-corrected chi connectivity index (χ0v) is 18.1. The van der Waals surface area contributed by atoms with Crippen molar-refractivity contribution in [2.24, 2.45) is 7.05 Å². The minimum Gasteiger partial charge on any atom is -0.457 e. The topological polar surface area (TPSA) is 96.9 Å². The van der Waals surface area contributed by atoms with Crippen LogP contribution in [0.15, 0.2) is 60.9 Å². The lowest BCUT2D eigenvalue weighted by molar-refractivity contribution is 0.0958. The molecule has 160 valence electrons. The van der Waals surface area contributed by atoms with Gasteiger partial charge >= 0.3 is 0 Å². The molecule has 0 radical (unpaired) electrons. The van der Waals surface area contributed by atoms with Crippen molar-refractivity contribution in [3.8, 4) is 11.5 Å². The molecule has 0 saturated heterocycles. The first-order chi connectivity index (χ1) is 15.5. The van der Waals surface area contributed by atoms with Gasteiger partial charge in [-0.05, 0) is 36.4 Å². The number of imidazole rings is 1. The smallest absolute Gasteiger partial charge is 0.269 e. The number of hydrogen-bond donors (Lipinski definition) is 3. The van der Waals surface area contributed by atoms with Gasteiger partial charge in [-0.2, -0.15) is 0 Å². The number of carbonyl (C=O) groups is 1. The number of rotatable bonds is 5. The van der Waals surface area contributed by atoms with Gasteiger partial charge in [0.15, 0.2) is 0 Å². The Balaban J connectivity index is 1.42. The number of fused-ring (bicyclic) bond motifs is 2. The molecule has 0 atom stereocenters. The first kappa shape index (κ1) is 19.9. The molecule has 1 amide bonds. The van der Waals surface area contributed by atoms with Gasteiger partial charge in [-0.1, -0.05) is 11.6 Å². The van der Waals surface area contributed by atoms with E-state index in [1.54, 1.807) is 25.4 Å². The normalized spacial score (nSPS) is 11.1. The zero-order chi connectivity index (χ0) is 22.2. The molecule has 2 aromatic carbocycles. The van der Waals surface area contributed by atoms with Crippen molar-refractivity contribution in [1.82, 2.24) is 24.8 Å². The highest BCUT2D eigenvalue weighted by molar-refractivity contribution is 6.35. The molecule has 0 fully saturated rings. The monoisotopic (exact) mass is 446 g/mol. The van der Waals surface area contributed by atoms with Gasteiger partial charge in [0.25, 0.3) is 5.91 Å². The van der Waals surface area contributed by atoms with Crippen molar-refractivity contribution < 1.29 is 9.53 Å². The van der Waals surface area contributed by atoms with E-state index in [0.29, 0.717) is 22.5 Å². The molecule has 0 aliphatic carbocycles. The Kier molecular flexibility index (Phi) is 4.91. The summed E-state index contributed by atoms with van der Waals surface area (Å²) in [7, 11) is 3.50. The van der Waals surface area contributed by atoms with Crippen LogP contribution in [0.3, 0.4) is 0 Å². The predicted molar refractivity (Wildman–Crippen MR) is 125 cm³/mol. The summed E-state index contributed by atoms with van der Waals surface area (Å²) in [4.78, 5) is 23.7. The van der Waals surface area contributed by atoms with E-state index in [1.165, 1.54) is 6.20 Å². The van der Waals surface area contributed by atoms with E-state index in [0.717, 1.165) is 27.6 Å². The van der Waals surface area contributed by atoms with Crippen molar-refractivity contribution in [2.75, 3.05) is 12.4 Å². The van der Waals surface area contributed by atoms with Crippen LogP contribution in [0.1, 0.15) is 10.5 Å². The van der Waals surface area contributed by atoms with Crippen LogP contribution in [0.2, 0.25) is 5.02 Å². The second-order valence-electron chi connectivity index (χ2n) is 7.22. The number of H-pyrrole nitrogens is 1. The molecule has 0 unspecified atom stereocenters. The number of amides is 1. The number of halogens is 1. The quantitative estimate of drug-likeness (QED) is 0.353. The van der Waals surface area contributed by atoms with Gasteiger partial charge in [0.2, 0.25) is 5.95 Å². The van der Waals surface area contributed by atoms with Gasteiger partial charge in [0, 0.05) is 55.2 Å². The summed E-state index contributed by atoms with van der Waals surface area (Å²) in [6, 6.07) is 14.9.